The molecule has 1 rings (SSSR count). The van der Waals surface area contributed by atoms with Crippen LogP contribution in [0.3, 0.4) is 0 Å². The Kier molecular flexibility index (Phi) is 4.26. The van der Waals surface area contributed by atoms with E-state index < -0.39 is 0 Å². The molecular formula is C8H18N2S. The molecule has 0 aromatic heterocycles. The smallest absolute Gasteiger partial charge is 0.0163 e. The summed E-state index contributed by atoms with van der Waals surface area (Å²) < 4.78 is 0. The van der Waals surface area contributed by atoms with Crippen molar-refractivity contribution in [3.05, 3.63) is 0 Å². The second-order valence-corrected chi connectivity index (χ2v) is 4.33. The maximum absolute atomic E-state index is 3.26. The summed E-state index contributed by atoms with van der Waals surface area (Å²) in [5.74, 6) is 2.63. The summed E-state index contributed by atoms with van der Waals surface area (Å²) in [6.07, 6.45) is 0. The van der Waals surface area contributed by atoms with Gasteiger partial charge >= 0.3 is 0 Å². The van der Waals surface area contributed by atoms with Crippen LogP contribution in [-0.4, -0.2) is 49.1 Å². The third kappa shape index (κ3) is 3.45. The van der Waals surface area contributed by atoms with E-state index in [1.165, 1.54) is 31.1 Å². The lowest BCUT2D eigenvalue weighted by Crippen LogP contribution is -2.41. The molecule has 11 heavy (non-hydrogen) atoms. The van der Waals surface area contributed by atoms with Crippen LogP contribution in [0.5, 0.6) is 0 Å². The second-order valence-electron chi connectivity index (χ2n) is 3.10. The van der Waals surface area contributed by atoms with Crippen molar-refractivity contribution in [2.45, 2.75) is 13.0 Å². The lowest BCUT2D eigenvalue weighted by atomic mass is 10.3. The van der Waals surface area contributed by atoms with E-state index in [1.54, 1.807) is 0 Å². The van der Waals surface area contributed by atoms with E-state index in [0.717, 1.165) is 0 Å². The molecule has 1 heterocycles. The Bertz CT molecular complexity index is 102. The molecule has 0 aromatic carbocycles. The zero-order chi connectivity index (χ0) is 8.10. The maximum Gasteiger partial charge on any atom is 0.0163 e. The van der Waals surface area contributed by atoms with Crippen molar-refractivity contribution in [3.63, 3.8) is 0 Å². The van der Waals surface area contributed by atoms with Gasteiger partial charge in [0, 0.05) is 37.2 Å². The zero-order valence-electron chi connectivity index (χ0n) is 7.47. The maximum atomic E-state index is 3.26. The number of rotatable bonds is 3. The van der Waals surface area contributed by atoms with Gasteiger partial charge < -0.3 is 10.2 Å². The molecule has 0 aromatic rings. The molecule has 0 saturated carbocycles. The van der Waals surface area contributed by atoms with Gasteiger partial charge in [0.2, 0.25) is 0 Å². The van der Waals surface area contributed by atoms with Crippen LogP contribution >= 0.6 is 11.8 Å². The van der Waals surface area contributed by atoms with Crippen molar-refractivity contribution in [3.8, 4) is 0 Å². The van der Waals surface area contributed by atoms with Crippen LogP contribution in [0.25, 0.3) is 0 Å². The highest BCUT2D eigenvalue weighted by atomic mass is 32.2. The molecule has 0 radical (unpaired) electrons. The summed E-state index contributed by atoms with van der Waals surface area (Å²) >= 11 is 2.07. The van der Waals surface area contributed by atoms with Crippen molar-refractivity contribution >= 4 is 11.8 Å². The summed E-state index contributed by atoms with van der Waals surface area (Å²) in [6.45, 7) is 5.99. The third-order valence-corrected chi connectivity index (χ3v) is 3.07. The first-order chi connectivity index (χ1) is 5.33. The number of nitrogens with zero attached hydrogens (tertiary/aromatic N) is 1. The van der Waals surface area contributed by atoms with Crippen molar-refractivity contribution < 1.29 is 0 Å². The van der Waals surface area contributed by atoms with Crippen molar-refractivity contribution in [2.24, 2.45) is 0 Å². The molecule has 0 bridgehead atoms. The van der Waals surface area contributed by atoms with Gasteiger partial charge in [-0.2, -0.15) is 11.8 Å². The lowest BCUT2D eigenvalue weighted by molar-refractivity contribution is 0.275. The molecule has 1 unspecified atom stereocenters. The Hall–Kier alpha value is 0.270. The highest BCUT2D eigenvalue weighted by Gasteiger charge is 2.11. The van der Waals surface area contributed by atoms with Crippen LogP contribution in [0, 0.1) is 0 Å². The van der Waals surface area contributed by atoms with Crippen LogP contribution in [0.4, 0.5) is 0 Å². The fraction of sp³-hybridized carbons (Fsp3) is 1.00. The average molecular weight is 174 g/mol. The highest BCUT2D eigenvalue weighted by molar-refractivity contribution is 7.99. The normalized spacial score (nSPS) is 23.5. The zero-order valence-corrected chi connectivity index (χ0v) is 8.28. The first-order valence-electron chi connectivity index (χ1n) is 4.30. The van der Waals surface area contributed by atoms with Gasteiger partial charge in [-0.1, -0.05) is 0 Å². The van der Waals surface area contributed by atoms with Gasteiger partial charge in [0.15, 0.2) is 0 Å². The summed E-state index contributed by atoms with van der Waals surface area (Å²) in [5.41, 5.74) is 0. The summed E-state index contributed by atoms with van der Waals surface area (Å²) in [4.78, 5) is 2.54. The van der Waals surface area contributed by atoms with E-state index in [4.69, 9.17) is 0 Å². The van der Waals surface area contributed by atoms with Crippen LogP contribution < -0.4 is 5.32 Å². The van der Waals surface area contributed by atoms with Crippen LogP contribution in [0.1, 0.15) is 6.92 Å². The molecule has 0 spiro atoms. The number of likely N-dealkylation sites (N-methyl/N-ethyl adjacent to an activating group) is 1. The SMILES string of the molecule is CNC(C)CN1CCSCC1. The molecule has 0 amide bonds. The van der Waals surface area contributed by atoms with Crippen molar-refractivity contribution in [1.82, 2.24) is 10.2 Å². The quantitative estimate of drug-likeness (QED) is 0.676. The van der Waals surface area contributed by atoms with Gasteiger partial charge in [0.1, 0.15) is 0 Å². The number of hydrogen-bond acceptors (Lipinski definition) is 3. The Morgan fingerprint density at radius 2 is 2.09 bits per heavy atom. The summed E-state index contributed by atoms with van der Waals surface area (Å²) in [6, 6.07) is 0.637. The predicted molar refractivity (Wildman–Crippen MR) is 52.3 cm³/mol. The third-order valence-electron chi connectivity index (χ3n) is 2.13. The standard InChI is InChI=1S/C8H18N2S/c1-8(9-2)7-10-3-5-11-6-4-10/h8-9H,3-7H2,1-2H3. The first kappa shape index (κ1) is 9.36. The van der Waals surface area contributed by atoms with Gasteiger partial charge in [0.25, 0.3) is 0 Å². The van der Waals surface area contributed by atoms with E-state index in [-0.39, 0.29) is 0 Å². The van der Waals surface area contributed by atoms with Crippen LogP contribution in [-0.2, 0) is 0 Å². The van der Waals surface area contributed by atoms with Crippen LogP contribution in [0.2, 0.25) is 0 Å². The molecule has 1 saturated heterocycles. The summed E-state index contributed by atoms with van der Waals surface area (Å²) in [5, 5.41) is 3.26. The fourth-order valence-electron chi connectivity index (χ4n) is 1.26. The molecule has 3 heteroatoms. The van der Waals surface area contributed by atoms with Gasteiger partial charge in [0.05, 0.1) is 0 Å². The molecule has 2 nitrogen and oxygen atoms in total. The number of hydrogen-bond donors (Lipinski definition) is 1. The Morgan fingerprint density at radius 1 is 1.45 bits per heavy atom. The molecule has 1 aliphatic heterocycles. The molecule has 1 atom stereocenters. The minimum Gasteiger partial charge on any atom is -0.316 e. The van der Waals surface area contributed by atoms with Gasteiger partial charge in [-0.25, -0.2) is 0 Å². The molecule has 1 N–H and O–H groups in total. The molecule has 66 valence electrons. The van der Waals surface area contributed by atoms with Crippen molar-refractivity contribution in [1.29, 1.82) is 0 Å². The Balaban J connectivity index is 2.13. The van der Waals surface area contributed by atoms with Gasteiger partial charge in [-0.15, -0.1) is 0 Å². The minimum absolute atomic E-state index is 0.637. The molecule has 1 fully saturated rings. The monoisotopic (exact) mass is 174 g/mol. The average Bonchev–Trinajstić information content (AvgIpc) is 2.06. The van der Waals surface area contributed by atoms with E-state index in [2.05, 4.69) is 28.9 Å². The van der Waals surface area contributed by atoms with Crippen molar-refractivity contribution in [2.75, 3.05) is 38.2 Å². The second kappa shape index (κ2) is 5.01. The Labute approximate surface area is 73.7 Å². The highest BCUT2D eigenvalue weighted by Crippen LogP contribution is 2.08. The number of thioether (sulfide) groups is 1. The minimum atomic E-state index is 0.637. The predicted octanol–water partition coefficient (Wildman–Crippen LogP) is 0.643. The lowest BCUT2D eigenvalue weighted by Gasteiger charge is -2.28. The van der Waals surface area contributed by atoms with Gasteiger partial charge in [-0.3, -0.25) is 0 Å². The molecule has 1 aliphatic rings. The number of nitrogens with one attached hydrogen (secondary N) is 1. The summed E-state index contributed by atoms with van der Waals surface area (Å²) in [7, 11) is 2.03. The van der Waals surface area contributed by atoms with Crippen LogP contribution in [0.15, 0.2) is 0 Å². The topological polar surface area (TPSA) is 15.3 Å². The first-order valence-corrected chi connectivity index (χ1v) is 5.46. The molecular weight excluding hydrogens is 156 g/mol. The molecule has 0 aliphatic carbocycles. The van der Waals surface area contributed by atoms with E-state index in [1.807, 2.05) is 7.05 Å². The van der Waals surface area contributed by atoms with E-state index in [0.29, 0.717) is 6.04 Å². The van der Waals surface area contributed by atoms with Gasteiger partial charge in [-0.05, 0) is 14.0 Å². The Morgan fingerprint density at radius 3 is 2.64 bits per heavy atom. The fourth-order valence-corrected chi connectivity index (χ4v) is 2.24. The largest absolute Gasteiger partial charge is 0.316 e. The van der Waals surface area contributed by atoms with E-state index >= 15 is 0 Å². The van der Waals surface area contributed by atoms with E-state index in [9.17, 15) is 0 Å².